The van der Waals surface area contributed by atoms with Crippen molar-refractivity contribution in [2.75, 3.05) is 6.54 Å². The minimum absolute atomic E-state index is 0.0892. The first kappa shape index (κ1) is 21.9. The number of aliphatic imine (C=N–C) groups is 1. The molecule has 0 aliphatic heterocycles. The van der Waals surface area contributed by atoms with Crippen molar-refractivity contribution in [2.45, 2.75) is 44.3 Å². The molecule has 0 fully saturated rings. The number of amides is 2. The van der Waals surface area contributed by atoms with Gasteiger partial charge in [-0.1, -0.05) is 0 Å². The number of guanidine groups is 1. The van der Waals surface area contributed by atoms with Gasteiger partial charge in [-0.3, -0.25) is 14.6 Å². The molecule has 1 rings (SSSR count). The standard InChI is InChI=1S/C15H26N8O4/c1-8(22-13(25)10(16)5-9-6-19-7-21-9)12(24)23-11(14(26)27)3-2-4-20-15(17)18/h6-8,10-11H,2-5,16H2,1H3,(H,19,21)(H,22,25)(H,23,24)(H,26,27)(H4,17,18,20). The predicted octanol–water partition coefficient (Wildman–Crippen LogP) is -2.59. The summed E-state index contributed by atoms with van der Waals surface area (Å²) in [5.41, 5.74) is 16.9. The Balaban J connectivity index is 2.48. The molecule has 0 bridgehead atoms. The summed E-state index contributed by atoms with van der Waals surface area (Å²) in [6, 6.07) is -2.95. The lowest BCUT2D eigenvalue weighted by atomic mass is 10.1. The van der Waals surface area contributed by atoms with E-state index in [0.717, 1.165) is 0 Å². The summed E-state index contributed by atoms with van der Waals surface area (Å²) in [6.07, 6.45) is 3.74. The van der Waals surface area contributed by atoms with Gasteiger partial charge in [0.1, 0.15) is 12.1 Å². The Bertz CT molecular complexity index is 657. The number of carbonyl (C=O) groups is 3. The van der Waals surface area contributed by atoms with Crippen molar-refractivity contribution >= 4 is 23.7 Å². The van der Waals surface area contributed by atoms with Gasteiger partial charge in [-0.25, -0.2) is 9.78 Å². The first-order chi connectivity index (χ1) is 12.7. The summed E-state index contributed by atoms with van der Waals surface area (Å²) in [4.78, 5) is 45.9. The van der Waals surface area contributed by atoms with Crippen molar-refractivity contribution in [3.63, 3.8) is 0 Å². The third kappa shape index (κ3) is 8.18. The molecule has 10 N–H and O–H groups in total. The molecule has 0 aliphatic rings. The van der Waals surface area contributed by atoms with Crippen LogP contribution in [0.2, 0.25) is 0 Å². The van der Waals surface area contributed by atoms with Crippen LogP contribution in [0.4, 0.5) is 0 Å². The Kier molecular flexibility index (Phi) is 8.72. The second-order valence-corrected chi connectivity index (χ2v) is 5.97. The third-order valence-corrected chi connectivity index (χ3v) is 3.64. The predicted molar refractivity (Wildman–Crippen MR) is 97.3 cm³/mol. The van der Waals surface area contributed by atoms with E-state index < -0.39 is 35.9 Å². The minimum atomic E-state index is -1.19. The lowest BCUT2D eigenvalue weighted by molar-refractivity contribution is -0.142. The van der Waals surface area contributed by atoms with E-state index in [1.807, 2.05) is 0 Å². The van der Waals surface area contributed by atoms with E-state index in [4.69, 9.17) is 17.2 Å². The van der Waals surface area contributed by atoms with Crippen LogP contribution in [0.3, 0.4) is 0 Å². The first-order valence-electron chi connectivity index (χ1n) is 8.32. The highest BCUT2D eigenvalue weighted by Crippen LogP contribution is 2.01. The Morgan fingerprint density at radius 1 is 1.30 bits per heavy atom. The molecule has 12 heteroatoms. The summed E-state index contributed by atoms with van der Waals surface area (Å²) in [7, 11) is 0. The number of carbonyl (C=O) groups excluding carboxylic acids is 2. The molecule has 1 aromatic rings. The lowest BCUT2D eigenvalue weighted by Gasteiger charge is -2.20. The molecule has 27 heavy (non-hydrogen) atoms. The topological polar surface area (TPSA) is 215 Å². The largest absolute Gasteiger partial charge is 0.480 e. The Morgan fingerprint density at radius 3 is 2.56 bits per heavy atom. The summed E-state index contributed by atoms with van der Waals surface area (Å²) < 4.78 is 0. The van der Waals surface area contributed by atoms with E-state index in [0.29, 0.717) is 12.1 Å². The van der Waals surface area contributed by atoms with Gasteiger partial charge in [0.05, 0.1) is 12.4 Å². The number of rotatable bonds is 11. The number of carboxylic acids is 1. The third-order valence-electron chi connectivity index (χ3n) is 3.64. The molecular formula is C15H26N8O4. The molecule has 0 saturated carbocycles. The summed E-state index contributed by atoms with van der Waals surface area (Å²) in [6.45, 7) is 1.69. The summed E-state index contributed by atoms with van der Waals surface area (Å²) in [5.74, 6) is -2.45. The fourth-order valence-corrected chi connectivity index (χ4v) is 2.17. The normalized spacial score (nSPS) is 13.9. The number of carboxylic acid groups (broad SMARTS) is 1. The monoisotopic (exact) mass is 382 g/mol. The van der Waals surface area contributed by atoms with Crippen molar-refractivity contribution in [3.8, 4) is 0 Å². The quantitative estimate of drug-likeness (QED) is 0.122. The summed E-state index contributed by atoms with van der Waals surface area (Å²) in [5, 5.41) is 14.0. The highest BCUT2D eigenvalue weighted by molar-refractivity contribution is 5.91. The molecule has 0 spiro atoms. The molecule has 0 aromatic carbocycles. The van der Waals surface area contributed by atoms with Crippen LogP contribution in [0.25, 0.3) is 0 Å². The number of hydrogen-bond acceptors (Lipinski definition) is 6. The van der Waals surface area contributed by atoms with Gasteiger partial charge in [-0.15, -0.1) is 0 Å². The number of aromatic amines is 1. The van der Waals surface area contributed by atoms with Gasteiger partial charge in [-0.05, 0) is 19.8 Å². The van der Waals surface area contributed by atoms with Crippen LogP contribution in [0, 0.1) is 0 Å². The van der Waals surface area contributed by atoms with E-state index in [2.05, 4.69) is 25.6 Å². The molecule has 0 saturated heterocycles. The number of nitrogens with two attached hydrogens (primary N) is 3. The van der Waals surface area contributed by atoms with Gasteiger partial charge in [-0.2, -0.15) is 0 Å². The van der Waals surface area contributed by atoms with Gasteiger partial charge >= 0.3 is 5.97 Å². The van der Waals surface area contributed by atoms with E-state index in [1.54, 1.807) is 6.20 Å². The van der Waals surface area contributed by atoms with Gasteiger partial charge < -0.3 is 37.9 Å². The molecule has 3 unspecified atom stereocenters. The van der Waals surface area contributed by atoms with Crippen LogP contribution in [0.15, 0.2) is 17.5 Å². The number of aliphatic carboxylic acids is 1. The van der Waals surface area contributed by atoms with Crippen molar-refractivity contribution in [3.05, 3.63) is 18.2 Å². The van der Waals surface area contributed by atoms with Gasteiger partial charge in [0, 0.05) is 24.9 Å². The SMILES string of the molecule is CC(NC(=O)C(N)Cc1cnc[nH]1)C(=O)NC(CCCN=C(N)N)C(=O)O. The van der Waals surface area contributed by atoms with Crippen molar-refractivity contribution in [2.24, 2.45) is 22.2 Å². The minimum Gasteiger partial charge on any atom is -0.480 e. The van der Waals surface area contributed by atoms with E-state index in [9.17, 15) is 19.5 Å². The number of nitrogens with zero attached hydrogens (tertiary/aromatic N) is 2. The maximum atomic E-state index is 12.2. The maximum Gasteiger partial charge on any atom is 0.326 e. The van der Waals surface area contributed by atoms with Gasteiger partial charge in [0.2, 0.25) is 11.8 Å². The van der Waals surface area contributed by atoms with E-state index >= 15 is 0 Å². The van der Waals surface area contributed by atoms with Crippen molar-refractivity contribution < 1.29 is 19.5 Å². The molecule has 3 atom stereocenters. The molecule has 0 radical (unpaired) electrons. The van der Waals surface area contributed by atoms with Crippen LogP contribution in [-0.4, -0.2) is 63.5 Å². The average Bonchev–Trinajstić information content (AvgIpc) is 3.09. The highest BCUT2D eigenvalue weighted by atomic mass is 16.4. The zero-order chi connectivity index (χ0) is 20.4. The van der Waals surface area contributed by atoms with Crippen molar-refractivity contribution in [1.82, 2.24) is 20.6 Å². The number of hydrogen-bond donors (Lipinski definition) is 7. The highest BCUT2D eigenvalue weighted by Gasteiger charge is 2.25. The molecule has 0 aliphatic carbocycles. The molecule has 1 heterocycles. The molecule has 150 valence electrons. The van der Waals surface area contributed by atoms with Crippen molar-refractivity contribution in [1.29, 1.82) is 0 Å². The smallest absolute Gasteiger partial charge is 0.326 e. The van der Waals surface area contributed by atoms with Gasteiger partial charge in [0.25, 0.3) is 0 Å². The van der Waals surface area contributed by atoms with Gasteiger partial charge in [0.15, 0.2) is 5.96 Å². The fraction of sp³-hybridized carbons (Fsp3) is 0.533. The van der Waals surface area contributed by atoms with Crippen LogP contribution < -0.4 is 27.8 Å². The van der Waals surface area contributed by atoms with Crippen LogP contribution >= 0.6 is 0 Å². The number of nitrogens with one attached hydrogen (secondary N) is 3. The molecule has 2 amide bonds. The second kappa shape index (κ2) is 10.8. The number of imidazole rings is 1. The molecule has 12 nitrogen and oxygen atoms in total. The number of aromatic nitrogens is 2. The lowest BCUT2D eigenvalue weighted by Crippen LogP contribution is -2.53. The Morgan fingerprint density at radius 2 is 2.00 bits per heavy atom. The Labute approximate surface area is 156 Å². The van der Waals surface area contributed by atoms with E-state index in [1.165, 1.54) is 13.3 Å². The first-order valence-corrected chi connectivity index (χ1v) is 8.32. The zero-order valence-electron chi connectivity index (χ0n) is 15.0. The number of H-pyrrole nitrogens is 1. The van der Waals surface area contributed by atoms with Crippen LogP contribution in [-0.2, 0) is 20.8 Å². The average molecular weight is 382 g/mol. The van der Waals surface area contributed by atoms with Crippen LogP contribution in [0.5, 0.6) is 0 Å². The summed E-state index contributed by atoms with van der Waals surface area (Å²) >= 11 is 0. The second-order valence-electron chi connectivity index (χ2n) is 5.97. The Hall–Kier alpha value is -3.15. The molecule has 1 aromatic heterocycles. The zero-order valence-corrected chi connectivity index (χ0v) is 15.0. The fourth-order valence-electron chi connectivity index (χ4n) is 2.17. The molecular weight excluding hydrogens is 356 g/mol. The maximum absolute atomic E-state index is 12.2. The van der Waals surface area contributed by atoms with E-state index in [-0.39, 0.29) is 25.3 Å². The van der Waals surface area contributed by atoms with Crippen LogP contribution in [0.1, 0.15) is 25.5 Å².